The molecule has 2 N–H and O–H groups in total. The Morgan fingerprint density at radius 2 is 1.53 bits per heavy atom. The van der Waals surface area contributed by atoms with Crippen molar-refractivity contribution in [1.82, 2.24) is 4.90 Å². The van der Waals surface area contributed by atoms with Gasteiger partial charge < -0.3 is 10.6 Å². The van der Waals surface area contributed by atoms with Gasteiger partial charge in [-0.25, -0.2) is 0 Å². The average molecular weight is 268 g/mol. The van der Waals surface area contributed by atoms with Crippen LogP contribution in [0.4, 0.5) is 0 Å². The van der Waals surface area contributed by atoms with Gasteiger partial charge in [0.05, 0.1) is 0 Å². The van der Waals surface area contributed by atoms with Crippen molar-refractivity contribution >= 4 is 0 Å². The van der Waals surface area contributed by atoms with E-state index in [-0.39, 0.29) is 11.0 Å². The topological polar surface area (TPSA) is 29.3 Å². The molecule has 0 aromatic carbocycles. The molecule has 0 saturated carbocycles. The third kappa shape index (κ3) is 4.75. The Bertz CT molecular complexity index is 281. The second kappa shape index (κ2) is 5.73. The number of nitrogens with two attached hydrogens (primary N) is 1. The molecule has 1 aliphatic rings. The molecule has 1 rings (SSSR count). The highest BCUT2D eigenvalue weighted by Crippen LogP contribution is 2.36. The molecule has 0 bridgehead atoms. The molecule has 0 aromatic heterocycles. The molecular weight excluding hydrogens is 232 g/mol. The maximum Gasteiger partial charge on any atom is 0.0161 e. The van der Waals surface area contributed by atoms with E-state index in [2.05, 4.69) is 53.4 Å². The van der Waals surface area contributed by atoms with Crippen LogP contribution in [0.15, 0.2) is 0 Å². The van der Waals surface area contributed by atoms with Crippen LogP contribution in [0, 0.1) is 16.7 Å². The van der Waals surface area contributed by atoms with Crippen molar-refractivity contribution in [2.45, 2.75) is 73.3 Å². The fourth-order valence-electron chi connectivity index (χ4n) is 2.94. The first-order valence-electron chi connectivity index (χ1n) is 7.95. The second-order valence-electron chi connectivity index (χ2n) is 8.88. The van der Waals surface area contributed by atoms with Gasteiger partial charge in [0.1, 0.15) is 0 Å². The van der Waals surface area contributed by atoms with Gasteiger partial charge in [0.15, 0.2) is 0 Å². The molecule has 1 heterocycles. The van der Waals surface area contributed by atoms with Crippen LogP contribution in [0.5, 0.6) is 0 Å². The van der Waals surface area contributed by atoms with Crippen LogP contribution in [-0.4, -0.2) is 30.1 Å². The molecule has 1 aliphatic heterocycles. The summed E-state index contributed by atoms with van der Waals surface area (Å²) in [6.07, 6.45) is 4.06. The van der Waals surface area contributed by atoms with Gasteiger partial charge in [-0.3, -0.25) is 0 Å². The van der Waals surface area contributed by atoms with Crippen LogP contribution in [0.2, 0.25) is 0 Å². The van der Waals surface area contributed by atoms with Gasteiger partial charge in [0.2, 0.25) is 0 Å². The molecule has 2 heteroatoms. The molecule has 1 fully saturated rings. The van der Waals surface area contributed by atoms with Crippen LogP contribution >= 0.6 is 0 Å². The largest absolute Gasteiger partial charge is 0.325 e. The lowest BCUT2D eigenvalue weighted by atomic mass is 9.74. The molecule has 0 amide bonds. The van der Waals surface area contributed by atoms with E-state index in [1.807, 2.05) is 0 Å². The zero-order valence-electron chi connectivity index (χ0n) is 14.3. The quantitative estimate of drug-likeness (QED) is 0.841. The number of nitrogens with zero attached hydrogens (tertiary/aromatic N) is 1. The number of hydrogen-bond acceptors (Lipinski definition) is 2. The molecule has 0 aromatic rings. The minimum Gasteiger partial charge on any atom is -0.325 e. The van der Waals surface area contributed by atoms with E-state index in [1.165, 1.54) is 32.4 Å². The number of hydrogen-bond donors (Lipinski definition) is 1. The Balaban J connectivity index is 2.59. The zero-order valence-corrected chi connectivity index (χ0v) is 14.3. The number of likely N-dealkylation sites (tertiary alicyclic amines) is 1. The predicted molar refractivity (Wildman–Crippen MR) is 85.3 cm³/mol. The van der Waals surface area contributed by atoms with Crippen molar-refractivity contribution in [3.63, 3.8) is 0 Å². The first-order valence-corrected chi connectivity index (χ1v) is 7.95. The summed E-state index contributed by atoms with van der Waals surface area (Å²) in [6, 6.07) is 0. The van der Waals surface area contributed by atoms with Gasteiger partial charge in [-0.2, -0.15) is 0 Å². The molecular formula is C17H36N2. The van der Waals surface area contributed by atoms with Crippen molar-refractivity contribution in [2.75, 3.05) is 19.6 Å². The van der Waals surface area contributed by atoms with Crippen molar-refractivity contribution in [2.24, 2.45) is 22.5 Å². The smallest absolute Gasteiger partial charge is 0.0161 e. The summed E-state index contributed by atoms with van der Waals surface area (Å²) >= 11 is 0. The average Bonchev–Trinajstić information content (AvgIpc) is 2.39. The van der Waals surface area contributed by atoms with E-state index in [0.29, 0.717) is 5.41 Å². The summed E-state index contributed by atoms with van der Waals surface area (Å²) < 4.78 is 0. The van der Waals surface area contributed by atoms with Crippen LogP contribution in [0.25, 0.3) is 0 Å². The lowest BCUT2D eigenvalue weighted by Crippen LogP contribution is -2.53. The molecule has 0 aliphatic carbocycles. The summed E-state index contributed by atoms with van der Waals surface area (Å²) in [5.41, 5.74) is 6.84. The Labute approximate surface area is 121 Å². The predicted octanol–water partition coefficient (Wildman–Crippen LogP) is 3.90. The lowest BCUT2D eigenvalue weighted by Gasteiger charge is -2.42. The van der Waals surface area contributed by atoms with Gasteiger partial charge in [0, 0.05) is 12.1 Å². The second-order valence-corrected chi connectivity index (χ2v) is 8.88. The maximum atomic E-state index is 6.34. The van der Waals surface area contributed by atoms with Crippen molar-refractivity contribution in [1.29, 1.82) is 0 Å². The molecule has 0 spiro atoms. The Morgan fingerprint density at radius 3 is 2.00 bits per heavy atom. The maximum absolute atomic E-state index is 6.34. The fraction of sp³-hybridized carbons (Fsp3) is 1.00. The summed E-state index contributed by atoms with van der Waals surface area (Å²) in [7, 11) is 0. The zero-order chi connectivity index (χ0) is 14.9. The van der Waals surface area contributed by atoms with Gasteiger partial charge in [0.25, 0.3) is 0 Å². The van der Waals surface area contributed by atoms with Gasteiger partial charge in [-0.1, -0.05) is 34.6 Å². The minimum atomic E-state index is -0.122. The molecule has 19 heavy (non-hydrogen) atoms. The Hall–Kier alpha value is -0.0800. The summed E-state index contributed by atoms with van der Waals surface area (Å²) in [6.45, 7) is 19.7. The summed E-state index contributed by atoms with van der Waals surface area (Å²) in [5.74, 6) is 0.867. The van der Waals surface area contributed by atoms with Crippen molar-refractivity contribution in [3.8, 4) is 0 Å². The highest BCUT2D eigenvalue weighted by Gasteiger charge is 2.36. The Kier molecular flexibility index (Phi) is 5.12. The highest BCUT2D eigenvalue weighted by molar-refractivity contribution is 4.93. The van der Waals surface area contributed by atoms with E-state index >= 15 is 0 Å². The van der Waals surface area contributed by atoms with E-state index < -0.39 is 0 Å². The standard InChI is InChI=1S/C17H36N2/c1-15(2,3)14-9-8-11-19(12-10-14)13-16(4,5)17(6,7)18/h14H,8-13,18H2,1-7H3. The molecule has 114 valence electrons. The third-order valence-corrected chi connectivity index (χ3v) is 5.41. The van der Waals surface area contributed by atoms with Crippen LogP contribution in [-0.2, 0) is 0 Å². The van der Waals surface area contributed by atoms with Gasteiger partial charge >= 0.3 is 0 Å². The monoisotopic (exact) mass is 268 g/mol. The normalized spacial score (nSPS) is 24.3. The van der Waals surface area contributed by atoms with E-state index in [9.17, 15) is 0 Å². The van der Waals surface area contributed by atoms with Gasteiger partial charge in [-0.15, -0.1) is 0 Å². The summed E-state index contributed by atoms with van der Waals surface area (Å²) in [4.78, 5) is 2.64. The Morgan fingerprint density at radius 1 is 0.947 bits per heavy atom. The van der Waals surface area contributed by atoms with Crippen LogP contribution < -0.4 is 5.73 Å². The molecule has 1 unspecified atom stereocenters. The molecule has 1 atom stereocenters. The minimum absolute atomic E-state index is 0.122. The first kappa shape index (κ1) is 17.0. The van der Waals surface area contributed by atoms with Gasteiger partial charge in [-0.05, 0) is 62.9 Å². The third-order valence-electron chi connectivity index (χ3n) is 5.41. The first-order chi connectivity index (χ1) is 8.43. The molecule has 0 radical (unpaired) electrons. The lowest BCUT2D eigenvalue weighted by molar-refractivity contribution is 0.112. The van der Waals surface area contributed by atoms with E-state index in [1.54, 1.807) is 0 Å². The summed E-state index contributed by atoms with van der Waals surface area (Å²) in [5, 5.41) is 0. The SMILES string of the molecule is CC(C)(C)C1CCCN(CC(C)(C)C(C)(C)N)CC1. The number of rotatable bonds is 3. The highest BCUT2D eigenvalue weighted by atomic mass is 15.1. The molecule has 1 saturated heterocycles. The van der Waals surface area contributed by atoms with Crippen LogP contribution in [0.1, 0.15) is 67.7 Å². The van der Waals surface area contributed by atoms with Crippen LogP contribution in [0.3, 0.4) is 0 Å². The fourth-order valence-corrected chi connectivity index (χ4v) is 2.94. The molecule has 2 nitrogen and oxygen atoms in total. The van der Waals surface area contributed by atoms with Crippen molar-refractivity contribution in [3.05, 3.63) is 0 Å². The van der Waals surface area contributed by atoms with Crippen molar-refractivity contribution < 1.29 is 0 Å². The van der Waals surface area contributed by atoms with E-state index in [4.69, 9.17) is 5.73 Å². The van der Waals surface area contributed by atoms with E-state index in [0.717, 1.165) is 12.5 Å².